The normalized spacial score (nSPS) is 13.0. The highest BCUT2D eigenvalue weighted by Gasteiger charge is 2.16. The summed E-state index contributed by atoms with van der Waals surface area (Å²) < 4.78 is 5.24. The van der Waals surface area contributed by atoms with Crippen LogP contribution in [0, 0.1) is 0 Å². The summed E-state index contributed by atoms with van der Waals surface area (Å²) >= 11 is 1.84. The molecule has 0 aliphatic rings. The highest BCUT2D eigenvalue weighted by atomic mass is 32.1. The van der Waals surface area contributed by atoms with Gasteiger partial charge in [-0.1, -0.05) is 13.8 Å². The molecule has 0 fully saturated rings. The van der Waals surface area contributed by atoms with Crippen molar-refractivity contribution in [2.45, 2.75) is 65.6 Å². The van der Waals surface area contributed by atoms with Gasteiger partial charge in [0.05, 0.1) is 0 Å². The van der Waals surface area contributed by atoms with Gasteiger partial charge in [-0.3, -0.25) is 0 Å². The summed E-state index contributed by atoms with van der Waals surface area (Å²) in [5.74, 6) is 0. The summed E-state index contributed by atoms with van der Waals surface area (Å²) in [6, 6.07) is 4.61. The van der Waals surface area contributed by atoms with E-state index in [4.69, 9.17) is 4.74 Å². The van der Waals surface area contributed by atoms with Gasteiger partial charge >= 0.3 is 6.09 Å². The highest BCUT2D eigenvalue weighted by Crippen LogP contribution is 2.16. The molecule has 0 bridgehead atoms. The molecule has 1 aromatic heterocycles. The predicted octanol–water partition coefficient (Wildman–Crippen LogP) is 3.70. The molecular weight excluding hydrogens is 284 g/mol. The van der Waals surface area contributed by atoms with Crippen molar-refractivity contribution < 1.29 is 9.53 Å². The topological polar surface area (TPSA) is 50.4 Å². The highest BCUT2D eigenvalue weighted by molar-refractivity contribution is 7.11. The first-order valence-corrected chi connectivity index (χ1v) is 8.43. The Morgan fingerprint density at radius 3 is 2.48 bits per heavy atom. The number of hydrogen-bond acceptors (Lipinski definition) is 4. The Hall–Kier alpha value is -1.07. The zero-order valence-electron chi connectivity index (χ0n) is 13.8. The van der Waals surface area contributed by atoms with Gasteiger partial charge in [-0.25, -0.2) is 4.79 Å². The third-order valence-electron chi connectivity index (χ3n) is 3.02. The number of hydrogen-bond donors (Lipinski definition) is 2. The molecule has 0 radical (unpaired) electrons. The van der Waals surface area contributed by atoms with Gasteiger partial charge in [0.1, 0.15) is 5.60 Å². The molecule has 1 rings (SSSR count). The Kier molecular flexibility index (Phi) is 7.18. The minimum atomic E-state index is -0.452. The van der Waals surface area contributed by atoms with Crippen LogP contribution in [0.15, 0.2) is 12.1 Å². The average Bonchev–Trinajstić information content (AvgIpc) is 2.85. The van der Waals surface area contributed by atoms with Gasteiger partial charge in [0.15, 0.2) is 0 Å². The fraction of sp³-hybridized carbons (Fsp3) is 0.688. The molecule has 1 atom stereocenters. The van der Waals surface area contributed by atoms with E-state index in [0.29, 0.717) is 6.54 Å². The van der Waals surface area contributed by atoms with E-state index in [2.05, 4.69) is 36.6 Å². The number of carbonyl (C=O) groups excluding carboxylic acids is 1. The molecule has 21 heavy (non-hydrogen) atoms. The molecule has 0 aliphatic heterocycles. The smallest absolute Gasteiger partial charge is 0.407 e. The van der Waals surface area contributed by atoms with Crippen LogP contribution in [-0.4, -0.2) is 24.3 Å². The summed E-state index contributed by atoms with van der Waals surface area (Å²) in [4.78, 5) is 14.4. The molecule has 2 N–H and O–H groups in total. The van der Waals surface area contributed by atoms with E-state index in [1.807, 2.05) is 32.1 Å². The summed E-state index contributed by atoms with van der Waals surface area (Å²) in [7, 11) is 0. The monoisotopic (exact) mass is 312 g/mol. The van der Waals surface area contributed by atoms with E-state index in [9.17, 15) is 4.79 Å². The lowest BCUT2D eigenvalue weighted by molar-refractivity contribution is 0.0522. The maximum atomic E-state index is 11.6. The summed E-state index contributed by atoms with van der Waals surface area (Å²) in [5, 5.41) is 6.30. The Morgan fingerprint density at radius 2 is 1.95 bits per heavy atom. The Morgan fingerprint density at radius 1 is 1.29 bits per heavy atom. The number of ether oxygens (including phenoxy) is 1. The molecule has 0 aliphatic carbocycles. The lowest BCUT2D eigenvalue weighted by Crippen LogP contribution is -2.42. The minimum absolute atomic E-state index is 0.254. The minimum Gasteiger partial charge on any atom is -0.444 e. The van der Waals surface area contributed by atoms with Crippen LogP contribution in [0.3, 0.4) is 0 Å². The van der Waals surface area contributed by atoms with E-state index < -0.39 is 5.60 Å². The predicted molar refractivity (Wildman–Crippen MR) is 88.9 cm³/mol. The number of carbonyl (C=O) groups is 1. The van der Waals surface area contributed by atoms with E-state index in [1.54, 1.807) is 0 Å². The summed E-state index contributed by atoms with van der Waals surface area (Å²) in [6.07, 6.45) is 1.69. The summed E-state index contributed by atoms with van der Waals surface area (Å²) in [6.45, 7) is 11.3. The largest absolute Gasteiger partial charge is 0.444 e. The Bertz CT molecular complexity index is 438. The molecule has 1 aromatic rings. The number of alkyl carbamates (subject to hydrolysis) is 1. The van der Waals surface area contributed by atoms with Crippen molar-refractivity contribution in [2.24, 2.45) is 0 Å². The first-order chi connectivity index (χ1) is 9.84. The van der Waals surface area contributed by atoms with E-state index in [0.717, 1.165) is 19.4 Å². The molecule has 0 saturated heterocycles. The molecule has 0 saturated carbocycles. The Labute approximate surface area is 132 Å². The molecular formula is C16H28N2O2S. The van der Waals surface area contributed by atoms with E-state index >= 15 is 0 Å². The molecule has 1 unspecified atom stereocenters. The van der Waals surface area contributed by atoms with Gasteiger partial charge in [0.2, 0.25) is 0 Å². The second-order valence-electron chi connectivity index (χ2n) is 6.09. The van der Waals surface area contributed by atoms with Crippen LogP contribution in [0.1, 0.15) is 50.8 Å². The van der Waals surface area contributed by atoms with Crippen LogP contribution in [-0.2, 0) is 17.7 Å². The van der Waals surface area contributed by atoms with Gasteiger partial charge in [0.25, 0.3) is 0 Å². The van der Waals surface area contributed by atoms with Crippen LogP contribution in [0.25, 0.3) is 0 Å². The number of thiophene rings is 1. The Balaban J connectivity index is 2.33. The number of aryl methyl sites for hydroxylation is 1. The lowest BCUT2D eigenvalue weighted by atomic mass is 10.2. The van der Waals surface area contributed by atoms with Crippen molar-refractivity contribution >= 4 is 17.4 Å². The third kappa shape index (κ3) is 7.48. The van der Waals surface area contributed by atoms with Crippen LogP contribution in [0.2, 0.25) is 0 Å². The molecule has 4 nitrogen and oxygen atoms in total. The van der Waals surface area contributed by atoms with Gasteiger partial charge < -0.3 is 15.4 Å². The molecule has 1 amide bonds. The quantitative estimate of drug-likeness (QED) is 0.807. The SMILES string of the molecule is CCc1ccc(CNC(CC)CNC(=O)OC(C)(C)C)s1. The van der Waals surface area contributed by atoms with E-state index in [-0.39, 0.29) is 12.1 Å². The molecule has 5 heteroatoms. The average molecular weight is 312 g/mol. The van der Waals surface area contributed by atoms with Crippen molar-refractivity contribution in [3.63, 3.8) is 0 Å². The van der Waals surface area contributed by atoms with Crippen molar-refractivity contribution in [2.75, 3.05) is 6.54 Å². The van der Waals surface area contributed by atoms with Crippen LogP contribution >= 0.6 is 11.3 Å². The standard InChI is InChI=1S/C16H28N2O2S/c1-6-12(10-18-15(19)20-16(3,4)5)17-11-14-9-8-13(7-2)21-14/h8-9,12,17H,6-7,10-11H2,1-5H3,(H,18,19). The number of amides is 1. The molecule has 0 spiro atoms. The fourth-order valence-electron chi connectivity index (χ4n) is 1.83. The van der Waals surface area contributed by atoms with Gasteiger partial charge in [-0.2, -0.15) is 0 Å². The zero-order chi connectivity index (χ0) is 15.9. The van der Waals surface area contributed by atoms with Crippen molar-refractivity contribution in [1.82, 2.24) is 10.6 Å². The van der Waals surface area contributed by atoms with Crippen molar-refractivity contribution in [1.29, 1.82) is 0 Å². The maximum absolute atomic E-state index is 11.6. The van der Waals surface area contributed by atoms with Gasteiger partial charge in [0, 0.05) is 28.9 Å². The van der Waals surface area contributed by atoms with Crippen LogP contribution in [0.5, 0.6) is 0 Å². The van der Waals surface area contributed by atoms with Crippen molar-refractivity contribution in [3.8, 4) is 0 Å². The number of rotatable bonds is 7. The summed E-state index contributed by atoms with van der Waals surface area (Å²) in [5.41, 5.74) is -0.452. The maximum Gasteiger partial charge on any atom is 0.407 e. The first kappa shape index (κ1) is 18.0. The number of nitrogens with one attached hydrogen (secondary N) is 2. The first-order valence-electron chi connectivity index (χ1n) is 7.61. The lowest BCUT2D eigenvalue weighted by Gasteiger charge is -2.22. The van der Waals surface area contributed by atoms with E-state index in [1.165, 1.54) is 9.75 Å². The van der Waals surface area contributed by atoms with Crippen molar-refractivity contribution in [3.05, 3.63) is 21.9 Å². The molecule has 1 heterocycles. The van der Waals surface area contributed by atoms with Crippen LogP contribution < -0.4 is 10.6 Å². The van der Waals surface area contributed by atoms with Gasteiger partial charge in [-0.15, -0.1) is 11.3 Å². The second kappa shape index (κ2) is 8.39. The molecule has 120 valence electrons. The second-order valence-corrected chi connectivity index (χ2v) is 7.34. The van der Waals surface area contributed by atoms with Crippen LogP contribution in [0.4, 0.5) is 4.79 Å². The molecule has 0 aromatic carbocycles. The third-order valence-corrected chi connectivity index (χ3v) is 4.24. The zero-order valence-corrected chi connectivity index (χ0v) is 14.6. The van der Waals surface area contributed by atoms with Gasteiger partial charge in [-0.05, 0) is 45.7 Å². The fourth-order valence-corrected chi connectivity index (χ4v) is 2.74.